The predicted molar refractivity (Wildman–Crippen MR) is 43.4 cm³/mol. The fraction of sp³-hybridized carbons (Fsp3) is 0.875. The summed E-state index contributed by atoms with van der Waals surface area (Å²) in [7, 11) is 0. The molecular weight excluding hydrogens is 160 g/mol. The van der Waals surface area contributed by atoms with Gasteiger partial charge in [0, 0.05) is 6.61 Å². The number of hydrogen-bond acceptors (Lipinski definition) is 4. The summed E-state index contributed by atoms with van der Waals surface area (Å²) in [5, 5.41) is 0. The molecule has 0 saturated heterocycles. The van der Waals surface area contributed by atoms with Crippen molar-refractivity contribution in [3.8, 4) is 0 Å². The molecule has 0 bridgehead atoms. The minimum Gasteiger partial charge on any atom is -0.364 e. The normalized spacial score (nSPS) is 11.3. The summed E-state index contributed by atoms with van der Waals surface area (Å²) in [5.74, 6) is -0.508. The molecule has 0 atom stereocenters. The molecular formula is C8H16O4. The highest BCUT2D eigenvalue weighted by molar-refractivity contribution is 5.77. The standard InChI is InChI=1S/C8H16O4/c1-5-10-8(3,4)7(9)12-11-6-2/h5-6H2,1-4H3. The van der Waals surface area contributed by atoms with E-state index in [1.54, 1.807) is 20.8 Å². The molecule has 0 saturated carbocycles. The molecule has 0 unspecified atom stereocenters. The first-order valence-corrected chi connectivity index (χ1v) is 4.02. The van der Waals surface area contributed by atoms with Crippen molar-refractivity contribution in [1.82, 2.24) is 0 Å². The maximum atomic E-state index is 11.1. The smallest absolute Gasteiger partial charge is 0.364 e. The lowest BCUT2D eigenvalue weighted by Gasteiger charge is -2.20. The van der Waals surface area contributed by atoms with Gasteiger partial charge in [0.05, 0.1) is 6.61 Å². The SMILES string of the molecule is CCOOC(=O)C(C)(C)OCC. The third-order valence-corrected chi connectivity index (χ3v) is 1.25. The van der Waals surface area contributed by atoms with Gasteiger partial charge in [0.1, 0.15) is 0 Å². The maximum Gasteiger partial charge on any atom is 0.373 e. The van der Waals surface area contributed by atoms with Gasteiger partial charge in [-0.3, -0.25) is 4.89 Å². The van der Waals surface area contributed by atoms with Crippen molar-refractivity contribution < 1.29 is 19.3 Å². The minimum absolute atomic E-state index is 0.341. The second-order valence-corrected chi connectivity index (χ2v) is 2.72. The minimum atomic E-state index is -0.927. The van der Waals surface area contributed by atoms with E-state index in [-0.39, 0.29) is 0 Å². The van der Waals surface area contributed by atoms with Crippen LogP contribution in [0.5, 0.6) is 0 Å². The Morgan fingerprint density at radius 3 is 2.25 bits per heavy atom. The molecule has 4 nitrogen and oxygen atoms in total. The van der Waals surface area contributed by atoms with E-state index >= 15 is 0 Å². The first kappa shape index (κ1) is 11.4. The number of carbonyl (C=O) groups excluding carboxylic acids is 1. The molecule has 0 aromatic rings. The number of ether oxygens (including phenoxy) is 1. The van der Waals surface area contributed by atoms with Crippen LogP contribution in [0.2, 0.25) is 0 Å². The molecule has 0 radical (unpaired) electrons. The van der Waals surface area contributed by atoms with Crippen LogP contribution in [0.1, 0.15) is 27.7 Å². The summed E-state index contributed by atoms with van der Waals surface area (Å²) in [6, 6.07) is 0. The van der Waals surface area contributed by atoms with Crippen LogP contribution in [-0.4, -0.2) is 24.8 Å². The van der Waals surface area contributed by atoms with Gasteiger partial charge in [-0.15, -0.1) is 0 Å². The Hall–Kier alpha value is -0.610. The molecule has 0 aliphatic heterocycles. The zero-order valence-corrected chi connectivity index (χ0v) is 8.05. The summed E-state index contributed by atoms with van der Waals surface area (Å²) in [4.78, 5) is 20.1. The molecule has 12 heavy (non-hydrogen) atoms. The molecule has 0 aliphatic rings. The summed E-state index contributed by atoms with van der Waals surface area (Å²) < 4.78 is 5.13. The van der Waals surface area contributed by atoms with Crippen molar-refractivity contribution in [3.05, 3.63) is 0 Å². The van der Waals surface area contributed by atoms with Crippen molar-refractivity contribution in [1.29, 1.82) is 0 Å². The first-order valence-electron chi connectivity index (χ1n) is 4.02. The summed E-state index contributed by atoms with van der Waals surface area (Å²) in [6.07, 6.45) is 0. The Kier molecular flexibility index (Phi) is 4.85. The van der Waals surface area contributed by atoms with E-state index in [1.807, 2.05) is 6.92 Å². The lowest BCUT2D eigenvalue weighted by atomic mass is 10.1. The van der Waals surface area contributed by atoms with Gasteiger partial charge in [-0.25, -0.2) is 4.79 Å². The molecule has 0 N–H and O–H groups in total. The second-order valence-electron chi connectivity index (χ2n) is 2.72. The van der Waals surface area contributed by atoms with Gasteiger partial charge >= 0.3 is 5.97 Å². The maximum absolute atomic E-state index is 11.1. The van der Waals surface area contributed by atoms with Gasteiger partial charge in [0.15, 0.2) is 5.60 Å². The van der Waals surface area contributed by atoms with Crippen LogP contribution in [0.4, 0.5) is 0 Å². The van der Waals surface area contributed by atoms with Gasteiger partial charge in [-0.05, 0) is 27.7 Å². The highest BCUT2D eigenvalue weighted by Gasteiger charge is 2.30. The number of carbonyl (C=O) groups is 1. The highest BCUT2D eigenvalue weighted by atomic mass is 17.2. The molecule has 72 valence electrons. The third-order valence-electron chi connectivity index (χ3n) is 1.25. The molecule has 0 aromatic heterocycles. The monoisotopic (exact) mass is 176 g/mol. The first-order chi connectivity index (χ1) is 5.54. The molecule has 0 spiro atoms. The van der Waals surface area contributed by atoms with Crippen molar-refractivity contribution in [2.75, 3.05) is 13.2 Å². The molecule has 0 rings (SSSR count). The van der Waals surface area contributed by atoms with Crippen LogP contribution in [-0.2, 0) is 19.3 Å². The zero-order valence-electron chi connectivity index (χ0n) is 8.05. The van der Waals surface area contributed by atoms with Gasteiger partial charge < -0.3 is 4.74 Å². The van der Waals surface area contributed by atoms with Gasteiger partial charge in [-0.1, -0.05) is 0 Å². The largest absolute Gasteiger partial charge is 0.373 e. The van der Waals surface area contributed by atoms with Crippen molar-refractivity contribution >= 4 is 5.97 Å². The average Bonchev–Trinajstić information content (AvgIpc) is 2.00. The van der Waals surface area contributed by atoms with Crippen LogP contribution >= 0.6 is 0 Å². The Morgan fingerprint density at radius 1 is 1.25 bits per heavy atom. The second kappa shape index (κ2) is 5.11. The fourth-order valence-electron chi connectivity index (χ4n) is 0.633. The Balaban J connectivity index is 3.88. The average molecular weight is 176 g/mol. The Bertz CT molecular complexity index is 142. The van der Waals surface area contributed by atoms with Crippen LogP contribution in [0.25, 0.3) is 0 Å². The number of rotatable bonds is 5. The fourth-order valence-corrected chi connectivity index (χ4v) is 0.633. The van der Waals surface area contributed by atoms with E-state index in [0.29, 0.717) is 13.2 Å². The van der Waals surface area contributed by atoms with Crippen LogP contribution in [0.15, 0.2) is 0 Å². The van der Waals surface area contributed by atoms with Crippen molar-refractivity contribution in [3.63, 3.8) is 0 Å². The van der Waals surface area contributed by atoms with E-state index in [4.69, 9.17) is 4.74 Å². The Morgan fingerprint density at radius 2 is 1.83 bits per heavy atom. The van der Waals surface area contributed by atoms with E-state index in [2.05, 4.69) is 9.78 Å². The predicted octanol–water partition coefficient (Wildman–Crippen LogP) is 1.30. The van der Waals surface area contributed by atoms with Crippen LogP contribution in [0.3, 0.4) is 0 Å². The molecule has 0 amide bonds. The van der Waals surface area contributed by atoms with Gasteiger partial charge in [-0.2, -0.15) is 4.89 Å². The molecule has 4 heteroatoms. The number of hydrogen-bond donors (Lipinski definition) is 0. The van der Waals surface area contributed by atoms with Gasteiger partial charge in [0.25, 0.3) is 0 Å². The summed E-state index contributed by atoms with van der Waals surface area (Å²) in [5.41, 5.74) is -0.927. The van der Waals surface area contributed by atoms with E-state index in [1.165, 1.54) is 0 Å². The van der Waals surface area contributed by atoms with Gasteiger partial charge in [0.2, 0.25) is 0 Å². The Labute approximate surface area is 72.7 Å². The van der Waals surface area contributed by atoms with Crippen molar-refractivity contribution in [2.24, 2.45) is 0 Å². The topological polar surface area (TPSA) is 44.8 Å². The van der Waals surface area contributed by atoms with Crippen molar-refractivity contribution in [2.45, 2.75) is 33.3 Å². The van der Waals surface area contributed by atoms with E-state index in [0.717, 1.165) is 0 Å². The zero-order chi connectivity index (χ0) is 9.61. The molecule has 0 aromatic carbocycles. The third kappa shape index (κ3) is 3.69. The molecule has 0 heterocycles. The summed E-state index contributed by atoms with van der Waals surface area (Å²) in [6.45, 7) is 7.63. The summed E-state index contributed by atoms with van der Waals surface area (Å²) >= 11 is 0. The quantitative estimate of drug-likeness (QED) is 0.468. The molecule has 0 fully saturated rings. The van der Waals surface area contributed by atoms with Crippen LogP contribution in [0, 0.1) is 0 Å². The molecule has 0 aliphatic carbocycles. The van der Waals surface area contributed by atoms with Crippen LogP contribution < -0.4 is 0 Å². The highest BCUT2D eigenvalue weighted by Crippen LogP contribution is 2.11. The van der Waals surface area contributed by atoms with E-state index < -0.39 is 11.6 Å². The lowest BCUT2D eigenvalue weighted by Crippen LogP contribution is -2.36. The van der Waals surface area contributed by atoms with E-state index in [9.17, 15) is 4.79 Å². The lowest BCUT2D eigenvalue weighted by molar-refractivity contribution is -0.283.